The van der Waals surface area contributed by atoms with Crippen molar-refractivity contribution in [2.75, 3.05) is 6.54 Å². The van der Waals surface area contributed by atoms with Gasteiger partial charge >= 0.3 is 0 Å². The maximum Gasteiger partial charge on any atom is 0.180 e. The lowest BCUT2D eigenvalue weighted by Crippen LogP contribution is -1.83. The number of hydrogen-bond donors (Lipinski definition) is 1. The van der Waals surface area contributed by atoms with Crippen LogP contribution in [0.25, 0.3) is 10.4 Å². The van der Waals surface area contributed by atoms with Crippen LogP contribution >= 0.6 is 0 Å². The molecule has 0 amide bonds. The molecule has 0 aliphatic heterocycles. The smallest absolute Gasteiger partial charge is 0.180 e. The molecule has 0 unspecified atom stereocenters. The molecule has 0 bridgehead atoms. The van der Waals surface area contributed by atoms with Crippen molar-refractivity contribution in [3.8, 4) is 17.6 Å². The number of rotatable bonds is 2. The van der Waals surface area contributed by atoms with Crippen LogP contribution in [0.3, 0.4) is 0 Å². The summed E-state index contributed by atoms with van der Waals surface area (Å²) in [4.78, 5) is 2.56. The van der Waals surface area contributed by atoms with E-state index in [-0.39, 0.29) is 12.1 Å². The van der Waals surface area contributed by atoms with E-state index >= 15 is 0 Å². The fourth-order valence-electron chi connectivity index (χ4n) is 0.925. The number of nitrogens with zero attached hydrogens (tertiary/aromatic N) is 3. The van der Waals surface area contributed by atoms with Crippen LogP contribution in [0.1, 0.15) is 12.0 Å². The van der Waals surface area contributed by atoms with E-state index < -0.39 is 11.6 Å². The lowest BCUT2D eigenvalue weighted by atomic mass is 10.2. The van der Waals surface area contributed by atoms with Crippen molar-refractivity contribution in [3.63, 3.8) is 0 Å². The minimum atomic E-state index is -0.728. The second kappa shape index (κ2) is 5.53. The normalized spacial score (nSPS) is 8.60. The van der Waals surface area contributed by atoms with Crippen LogP contribution in [0.15, 0.2) is 23.3 Å². The maximum absolute atomic E-state index is 13.1. The minimum absolute atomic E-state index is 0.135. The summed E-state index contributed by atoms with van der Waals surface area (Å²) in [6.07, 6.45) is 0.360. The molecule has 1 rings (SSSR count). The molecule has 15 heavy (non-hydrogen) atoms. The summed E-state index contributed by atoms with van der Waals surface area (Å²) in [7, 11) is 0. The molecule has 1 N–H and O–H groups in total. The predicted octanol–water partition coefficient (Wildman–Crippen LogP) is 2.58. The molecule has 0 saturated heterocycles. The van der Waals surface area contributed by atoms with Crippen LogP contribution in [-0.2, 0) is 0 Å². The van der Waals surface area contributed by atoms with E-state index in [9.17, 15) is 4.39 Å². The Kier molecular flexibility index (Phi) is 4.02. The Morgan fingerprint density at radius 1 is 1.53 bits per heavy atom. The van der Waals surface area contributed by atoms with Crippen molar-refractivity contribution >= 4 is 0 Å². The van der Waals surface area contributed by atoms with Crippen LogP contribution in [0.2, 0.25) is 0 Å². The average Bonchev–Trinajstić information content (AvgIpc) is 2.24. The van der Waals surface area contributed by atoms with Crippen LogP contribution < -0.4 is 0 Å². The van der Waals surface area contributed by atoms with Gasteiger partial charge in [-0.3, -0.25) is 0 Å². The number of azide groups is 1. The first-order valence-corrected chi connectivity index (χ1v) is 4.23. The van der Waals surface area contributed by atoms with E-state index in [1.807, 2.05) is 0 Å². The summed E-state index contributed by atoms with van der Waals surface area (Å²) in [6.45, 7) is 0.254. The minimum Gasteiger partial charge on any atom is -0.505 e. The monoisotopic (exact) mass is 205 g/mol. The molecular formula is C10H8FN3O. The first kappa shape index (κ1) is 10.9. The SMILES string of the molecule is [N-]=[N+]=NCCC#Cc1cccc(O)c1F. The molecule has 0 spiro atoms. The van der Waals surface area contributed by atoms with Gasteiger partial charge in [-0.25, -0.2) is 4.39 Å². The van der Waals surface area contributed by atoms with Gasteiger partial charge in [0.25, 0.3) is 0 Å². The zero-order chi connectivity index (χ0) is 11.1. The lowest BCUT2D eigenvalue weighted by Gasteiger charge is -1.95. The van der Waals surface area contributed by atoms with E-state index in [1.165, 1.54) is 18.2 Å². The van der Waals surface area contributed by atoms with Gasteiger partial charge < -0.3 is 5.11 Å². The molecule has 0 aliphatic carbocycles. The first-order valence-electron chi connectivity index (χ1n) is 4.23. The lowest BCUT2D eigenvalue weighted by molar-refractivity contribution is 0.431. The summed E-state index contributed by atoms with van der Waals surface area (Å²) in [5, 5.41) is 12.3. The van der Waals surface area contributed by atoms with Gasteiger partial charge in [0.05, 0.1) is 5.56 Å². The van der Waals surface area contributed by atoms with Crippen LogP contribution in [-0.4, -0.2) is 11.7 Å². The topological polar surface area (TPSA) is 69.0 Å². The highest BCUT2D eigenvalue weighted by Gasteiger charge is 2.02. The predicted molar refractivity (Wildman–Crippen MR) is 53.6 cm³/mol. The van der Waals surface area contributed by atoms with Crippen molar-refractivity contribution < 1.29 is 9.50 Å². The third kappa shape index (κ3) is 3.22. The largest absolute Gasteiger partial charge is 0.505 e. The number of aromatic hydroxyl groups is 1. The van der Waals surface area contributed by atoms with Gasteiger partial charge in [-0.2, -0.15) is 0 Å². The Labute approximate surface area is 86.0 Å². The van der Waals surface area contributed by atoms with Crippen molar-refractivity contribution in [1.82, 2.24) is 0 Å². The Morgan fingerprint density at radius 3 is 3.07 bits per heavy atom. The molecule has 0 aliphatic rings. The van der Waals surface area contributed by atoms with E-state index in [4.69, 9.17) is 10.6 Å². The van der Waals surface area contributed by atoms with Gasteiger partial charge in [-0.15, -0.1) is 0 Å². The third-order valence-corrected chi connectivity index (χ3v) is 1.60. The van der Waals surface area contributed by atoms with Crippen LogP contribution in [0.4, 0.5) is 4.39 Å². The highest BCUT2D eigenvalue weighted by atomic mass is 19.1. The molecule has 5 heteroatoms. The summed E-state index contributed by atoms with van der Waals surface area (Å²) >= 11 is 0. The van der Waals surface area contributed by atoms with E-state index in [1.54, 1.807) is 0 Å². The zero-order valence-corrected chi connectivity index (χ0v) is 7.81. The van der Waals surface area contributed by atoms with Crippen molar-refractivity contribution in [2.45, 2.75) is 6.42 Å². The summed E-state index contributed by atoms with van der Waals surface area (Å²) in [6, 6.07) is 4.23. The van der Waals surface area contributed by atoms with E-state index in [0.29, 0.717) is 6.42 Å². The quantitative estimate of drug-likeness (QED) is 0.260. The van der Waals surface area contributed by atoms with Gasteiger partial charge in [0.15, 0.2) is 11.6 Å². The number of phenolic OH excluding ortho intramolecular Hbond substituents is 1. The highest BCUT2D eigenvalue weighted by Crippen LogP contribution is 2.17. The molecule has 0 fully saturated rings. The number of halogens is 1. The van der Waals surface area contributed by atoms with E-state index in [0.717, 1.165) is 0 Å². The first-order chi connectivity index (χ1) is 7.25. The highest BCUT2D eigenvalue weighted by molar-refractivity contribution is 5.40. The molecule has 76 valence electrons. The fraction of sp³-hybridized carbons (Fsp3) is 0.200. The van der Waals surface area contributed by atoms with Crippen molar-refractivity contribution in [2.24, 2.45) is 5.11 Å². The van der Waals surface area contributed by atoms with Crippen molar-refractivity contribution in [3.05, 3.63) is 40.0 Å². The molecule has 1 aromatic rings. The molecular weight excluding hydrogens is 197 g/mol. The molecule has 0 atom stereocenters. The molecule has 0 heterocycles. The number of phenols is 1. The Morgan fingerprint density at radius 2 is 2.33 bits per heavy atom. The zero-order valence-electron chi connectivity index (χ0n) is 7.81. The van der Waals surface area contributed by atoms with Gasteiger partial charge in [0, 0.05) is 17.9 Å². The standard InChI is InChI=1S/C10H8FN3O/c11-10-8(5-3-6-9(10)15)4-1-2-7-13-14-12/h3,5-6,15H,2,7H2. The van der Waals surface area contributed by atoms with Gasteiger partial charge in [0.2, 0.25) is 0 Å². The molecule has 0 saturated carbocycles. The summed E-state index contributed by atoms with van der Waals surface area (Å²) < 4.78 is 13.1. The Hall–Kier alpha value is -2.18. The van der Waals surface area contributed by atoms with Gasteiger partial charge in [-0.1, -0.05) is 23.0 Å². The Bertz CT molecular complexity index is 455. The number of benzene rings is 1. The number of hydrogen-bond acceptors (Lipinski definition) is 2. The van der Waals surface area contributed by atoms with Crippen LogP contribution in [0, 0.1) is 17.7 Å². The Balaban J connectivity index is 2.71. The second-order valence-electron chi connectivity index (χ2n) is 2.64. The molecule has 4 nitrogen and oxygen atoms in total. The summed E-state index contributed by atoms with van der Waals surface area (Å²) in [5.41, 5.74) is 8.12. The molecule has 0 radical (unpaired) electrons. The van der Waals surface area contributed by atoms with Gasteiger partial charge in [0.1, 0.15) is 0 Å². The summed E-state index contributed by atoms with van der Waals surface area (Å²) in [5.74, 6) is 4.04. The molecule has 0 aromatic heterocycles. The average molecular weight is 205 g/mol. The van der Waals surface area contributed by atoms with Gasteiger partial charge in [-0.05, 0) is 17.7 Å². The third-order valence-electron chi connectivity index (χ3n) is 1.60. The molecule has 1 aromatic carbocycles. The fourth-order valence-corrected chi connectivity index (χ4v) is 0.925. The van der Waals surface area contributed by atoms with Crippen molar-refractivity contribution in [1.29, 1.82) is 0 Å². The van der Waals surface area contributed by atoms with E-state index in [2.05, 4.69) is 21.9 Å². The second-order valence-corrected chi connectivity index (χ2v) is 2.64. The maximum atomic E-state index is 13.1. The van der Waals surface area contributed by atoms with Crippen LogP contribution in [0.5, 0.6) is 5.75 Å².